The van der Waals surface area contributed by atoms with Gasteiger partial charge in [0.25, 0.3) is 5.91 Å². The minimum Gasteiger partial charge on any atom is -0.454 e. The molecule has 12 heteroatoms. The molecule has 2 aliphatic heterocycles. The van der Waals surface area contributed by atoms with E-state index < -0.39 is 10.0 Å². The molecule has 0 aliphatic carbocycles. The highest BCUT2D eigenvalue weighted by Gasteiger charge is 2.27. The van der Waals surface area contributed by atoms with E-state index in [2.05, 4.69) is 15.4 Å². The lowest BCUT2D eigenvalue weighted by molar-refractivity contribution is 0.102. The molecule has 4 aromatic rings. The Balaban J connectivity index is 1.25. The molecule has 0 atom stereocenters. The number of thiazole rings is 1. The SMILES string of the molecule is Cc1cc(NC(=O)c2ccc(S(=O)(=O)N3CCCC3)cc2)n(-c2nc3cc4c(cc3s2)OCO4)n1. The zero-order valence-corrected chi connectivity index (χ0v) is 20.4. The molecule has 0 radical (unpaired) electrons. The number of rotatable bonds is 5. The third kappa shape index (κ3) is 3.93. The number of nitrogens with one attached hydrogen (secondary N) is 1. The molecule has 1 fully saturated rings. The minimum absolute atomic E-state index is 0.186. The average molecular weight is 512 g/mol. The molecule has 180 valence electrons. The first-order valence-corrected chi connectivity index (χ1v) is 13.3. The molecule has 6 rings (SSSR count). The number of benzene rings is 2. The third-order valence-electron chi connectivity index (χ3n) is 5.95. The molecule has 0 spiro atoms. The van der Waals surface area contributed by atoms with Crippen molar-refractivity contribution in [2.24, 2.45) is 0 Å². The highest BCUT2D eigenvalue weighted by atomic mass is 32.2. The quantitative estimate of drug-likeness (QED) is 0.436. The van der Waals surface area contributed by atoms with Gasteiger partial charge in [-0.1, -0.05) is 11.3 Å². The summed E-state index contributed by atoms with van der Waals surface area (Å²) in [4.78, 5) is 17.8. The van der Waals surface area contributed by atoms with Crippen molar-refractivity contribution < 1.29 is 22.7 Å². The smallest absolute Gasteiger partial charge is 0.256 e. The lowest BCUT2D eigenvalue weighted by Crippen LogP contribution is -2.27. The van der Waals surface area contributed by atoms with Crippen LogP contribution in [-0.2, 0) is 10.0 Å². The number of sulfonamides is 1. The molecule has 2 aromatic carbocycles. The molecule has 35 heavy (non-hydrogen) atoms. The molecule has 10 nitrogen and oxygen atoms in total. The van der Waals surface area contributed by atoms with Crippen LogP contribution in [0.25, 0.3) is 15.3 Å². The van der Waals surface area contributed by atoms with Crippen LogP contribution in [0.1, 0.15) is 28.9 Å². The van der Waals surface area contributed by atoms with Gasteiger partial charge < -0.3 is 14.8 Å². The topological polar surface area (TPSA) is 116 Å². The second kappa shape index (κ2) is 8.33. The second-order valence-corrected chi connectivity index (χ2v) is 11.3. The van der Waals surface area contributed by atoms with Crippen LogP contribution in [0.5, 0.6) is 11.5 Å². The Morgan fingerprint density at radius 3 is 2.51 bits per heavy atom. The largest absolute Gasteiger partial charge is 0.454 e. The normalized spacial score (nSPS) is 15.7. The Labute approximate surface area is 205 Å². The lowest BCUT2D eigenvalue weighted by atomic mass is 10.2. The Hall–Kier alpha value is -3.48. The Morgan fingerprint density at radius 2 is 1.77 bits per heavy atom. The summed E-state index contributed by atoms with van der Waals surface area (Å²) < 4.78 is 40.3. The van der Waals surface area contributed by atoms with Crippen LogP contribution in [0.4, 0.5) is 5.82 Å². The van der Waals surface area contributed by atoms with Gasteiger partial charge in [-0.2, -0.15) is 14.1 Å². The molecule has 2 aromatic heterocycles. The fourth-order valence-electron chi connectivity index (χ4n) is 4.18. The number of carbonyl (C=O) groups is 1. The zero-order chi connectivity index (χ0) is 24.2. The van der Waals surface area contributed by atoms with Gasteiger partial charge in [-0.15, -0.1) is 0 Å². The highest BCUT2D eigenvalue weighted by Crippen LogP contribution is 2.39. The minimum atomic E-state index is -3.53. The van der Waals surface area contributed by atoms with E-state index >= 15 is 0 Å². The first-order valence-electron chi connectivity index (χ1n) is 11.1. The van der Waals surface area contributed by atoms with Crippen LogP contribution >= 0.6 is 11.3 Å². The Bertz CT molecular complexity index is 1510. The van der Waals surface area contributed by atoms with Crippen LogP contribution in [-0.4, -0.2) is 53.3 Å². The third-order valence-corrected chi connectivity index (χ3v) is 8.85. The number of amides is 1. The standard InChI is InChI=1S/C23H21N5O5S2/c1-14-10-21(28(26-14)23-24-17-11-18-19(33-13-32-18)12-20(17)34-23)25-22(29)15-4-6-16(7-5-15)35(30,31)27-8-2-3-9-27/h4-7,10-12H,2-3,8-9,13H2,1H3,(H,25,29). The van der Waals surface area contributed by atoms with E-state index in [4.69, 9.17) is 9.47 Å². The molecular weight excluding hydrogens is 490 g/mol. The second-order valence-electron chi connectivity index (χ2n) is 8.34. The number of nitrogens with zero attached hydrogens (tertiary/aromatic N) is 4. The number of hydrogen-bond donors (Lipinski definition) is 1. The van der Waals surface area contributed by atoms with Gasteiger partial charge in [0.1, 0.15) is 5.82 Å². The van der Waals surface area contributed by atoms with E-state index in [0.717, 1.165) is 23.1 Å². The van der Waals surface area contributed by atoms with Crippen LogP contribution in [0.3, 0.4) is 0 Å². The van der Waals surface area contributed by atoms with E-state index in [0.29, 0.717) is 46.8 Å². The molecule has 2 aliphatic rings. The number of anilines is 1. The molecular formula is C23H21N5O5S2. The van der Waals surface area contributed by atoms with Crippen LogP contribution in [0, 0.1) is 6.92 Å². The molecule has 4 heterocycles. The van der Waals surface area contributed by atoms with Crippen molar-refractivity contribution in [3.63, 3.8) is 0 Å². The van der Waals surface area contributed by atoms with E-state index in [1.165, 1.54) is 39.9 Å². The summed E-state index contributed by atoms with van der Waals surface area (Å²) in [7, 11) is -3.53. The number of aryl methyl sites for hydroxylation is 1. The molecule has 0 saturated carbocycles. The van der Waals surface area contributed by atoms with E-state index in [9.17, 15) is 13.2 Å². The van der Waals surface area contributed by atoms with Crippen molar-refractivity contribution in [3.05, 3.63) is 53.7 Å². The highest BCUT2D eigenvalue weighted by molar-refractivity contribution is 7.89. The lowest BCUT2D eigenvalue weighted by Gasteiger charge is -2.15. The summed E-state index contributed by atoms with van der Waals surface area (Å²) in [6.07, 6.45) is 1.73. The first kappa shape index (κ1) is 22.0. The molecule has 1 saturated heterocycles. The molecule has 1 N–H and O–H groups in total. The first-order chi connectivity index (χ1) is 16.9. The van der Waals surface area contributed by atoms with Crippen molar-refractivity contribution in [1.82, 2.24) is 19.1 Å². The summed E-state index contributed by atoms with van der Waals surface area (Å²) in [6, 6.07) is 11.4. The maximum Gasteiger partial charge on any atom is 0.256 e. The van der Waals surface area contributed by atoms with Gasteiger partial charge in [0.15, 0.2) is 11.5 Å². The monoisotopic (exact) mass is 511 g/mol. The van der Waals surface area contributed by atoms with Gasteiger partial charge in [0, 0.05) is 36.9 Å². The van der Waals surface area contributed by atoms with Gasteiger partial charge in [-0.05, 0) is 44.0 Å². The van der Waals surface area contributed by atoms with E-state index in [1.54, 1.807) is 10.7 Å². The average Bonchev–Trinajstić information content (AvgIpc) is 3.63. The molecule has 1 amide bonds. The van der Waals surface area contributed by atoms with Crippen LogP contribution in [0.2, 0.25) is 0 Å². The van der Waals surface area contributed by atoms with Crippen molar-refractivity contribution in [2.75, 3.05) is 25.2 Å². The summed E-state index contributed by atoms with van der Waals surface area (Å²) in [6.45, 7) is 3.08. The Kier molecular flexibility index (Phi) is 5.24. The molecule has 0 unspecified atom stereocenters. The summed E-state index contributed by atoms with van der Waals surface area (Å²) in [5, 5.41) is 7.95. The van der Waals surface area contributed by atoms with E-state index in [-0.39, 0.29) is 17.6 Å². The number of carbonyl (C=O) groups excluding carboxylic acids is 1. The van der Waals surface area contributed by atoms with Gasteiger partial charge in [0.2, 0.25) is 21.9 Å². The van der Waals surface area contributed by atoms with Crippen molar-refractivity contribution in [2.45, 2.75) is 24.7 Å². The van der Waals surface area contributed by atoms with E-state index in [1.807, 2.05) is 19.1 Å². The van der Waals surface area contributed by atoms with Gasteiger partial charge in [0.05, 0.1) is 20.8 Å². The van der Waals surface area contributed by atoms with Gasteiger partial charge >= 0.3 is 0 Å². The fraction of sp³-hybridized carbons (Fsp3) is 0.261. The van der Waals surface area contributed by atoms with Crippen molar-refractivity contribution >= 4 is 43.3 Å². The maximum atomic E-state index is 13.0. The number of ether oxygens (including phenoxy) is 2. The van der Waals surface area contributed by atoms with Gasteiger partial charge in [-0.3, -0.25) is 4.79 Å². The summed E-state index contributed by atoms with van der Waals surface area (Å²) in [5.41, 5.74) is 1.79. The summed E-state index contributed by atoms with van der Waals surface area (Å²) >= 11 is 1.41. The zero-order valence-electron chi connectivity index (χ0n) is 18.7. The van der Waals surface area contributed by atoms with Gasteiger partial charge in [-0.25, -0.2) is 13.4 Å². The Morgan fingerprint density at radius 1 is 1.06 bits per heavy atom. The summed E-state index contributed by atoms with van der Waals surface area (Å²) in [5.74, 6) is 1.40. The van der Waals surface area contributed by atoms with Crippen molar-refractivity contribution in [1.29, 1.82) is 0 Å². The maximum absolute atomic E-state index is 13.0. The predicted octanol–water partition coefficient (Wildman–Crippen LogP) is 3.56. The molecule has 0 bridgehead atoms. The number of aromatic nitrogens is 3. The predicted molar refractivity (Wildman–Crippen MR) is 130 cm³/mol. The van der Waals surface area contributed by atoms with Crippen LogP contribution in [0.15, 0.2) is 47.4 Å². The fourth-order valence-corrected chi connectivity index (χ4v) is 6.63. The number of hydrogen-bond acceptors (Lipinski definition) is 8. The van der Waals surface area contributed by atoms with Crippen molar-refractivity contribution in [3.8, 4) is 16.6 Å². The van der Waals surface area contributed by atoms with Crippen LogP contribution < -0.4 is 14.8 Å². The number of fused-ring (bicyclic) bond motifs is 2.